The van der Waals surface area contributed by atoms with Crippen LogP contribution in [0.4, 0.5) is 5.69 Å². The van der Waals surface area contributed by atoms with E-state index in [1.165, 1.54) is 18.2 Å². The summed E-state index contributed by atoms with van der Waals surface area (Å²) in [7, 11) is -4.02. The van der Waals surface area contributed by atoms with Crippen molar-refractivity contribution < 1.29 is 28.5 Å². The van der Waals surface area contributed by atoms with E-state index in [9.17, 15) is 28.5 Å². The van der Waals surface area contributed by atoms with Gasteiger partial charge in [0.1, 0.15) is 5.71 Å². The molecule has 0 unspecified atom stereocenters. The van der Waals surface area contributed by atoms with Crippen molar-refractivity contribution in [2.45, 2.75) is 4.90 Å². The minimum absolute atomic E-state index is 0.0251. The number of para-hydroxylation sites is 1. The highest BCUT2D eigenvalue weighted by atomic mass is 32.2. The number of fused-ring (bicyclic) bond motifs is 2. The van der Waals surface area contributed by atoms with Crippen LogP contribution in [0.15, 0.2) is 52.4 Å². The molecule has 10 heteroatoms. The molecule has 156 valence electrons. The van der Waals surface area contributed by atoms with Gasteiger partial charge in [-0.3, -0.25) is 4.79 Å². The van der Waals surface area contributed by atoms with Crippen molar-refractivity contribution in [3.05, 3.63) is 53.6 Å². The number of hydrogen-bond acceptors (Lipinski definition) is 7. The Labute approximate surface area is 172 Å². The molecule has 0 atom stereocenters. The number of nitrogens with zero attached hydrogens (tertiary/aromatic N) is 2. The molecule has 0 saturated carbocycles. The summed E-state index contributed by atoms with van der Waals surface area (Å²) in [4.78, 5) is 19.8. The largest absolute Gasteiger partial charge is 0.494 e. The molecule has 0 bridgehead atoms. The molecular formula is C20H19N3O6S. The fourth-order valence-corrected chi connectivity index (χ4v) is 4.96. The van der Waals surface area contributed by atoms with Crippen molar-refractivity contribution in [1.29, 1.82) is 0 Å². The lowest BCUT2D eigenvalue weighted by Crippen LogP contribution is -2.35. The number of H-pyrrole nitrogens is 1. The van der Waals surface area contributed by atoms with Crippen LogP contribution in [0.2, 0.25) is 0 Å². The summed E-state index contributed by atoms with van der Waals surface area (Å²) >= 11 is 0. The van der Waals surface area contributed by atoms with E-state index >= 15 is 0 Å². The number of hydrogen-bond donors (Lipinski definition) is 4. The molecule has 9 nitrogen and oxygen atoms in total. The van der Waals surface area contributed by atoms with Gasteiger partial charge in [0.05, 0.1) is 29.4 Å². The predicted octanol–water partition coefficient (Wildman–Crippen LogP) is 1.17. The van der Waals surface area contributed by atoms with Crippen molar-refractivity contribution in [3.63, 3.8) is 0 Å². The normalized spacial score (nSPS) is 13.8. The van der Waals surface area contributed by atoms with Crippen LogP contribution in [0.5, 0.6) is 5.88 Å². The third-order valence-electron chi connectivity index (χ3n) is 4.92. The van der Waals surface area contributed by atoms with Crippen molar-refractivity contribution >= 4 is 38.1 Å². The molecule has 1 aromatic heterocycles. The lowest BCUT2D eigenvalue weighted by molar-refractivity contribution is 0.107. The highest BCUT2D eigenvalue weighted by molar-refractivity contribution is 7.89. The number of aliphatic imine (C=N–C) groups is 1. The van der Waals surface area contributed by atoms with Gasteiger partial charge in [-0.25, -0.2) is 13.4 Å². The Balaban J connectivity index is 1.85. The van der Waals surface area contributed by atoms with Crippen LogP contribution >= 0.6 is 0 Å². The zero-order chi connectivity index (χ0) is 21.5. The Bertz CT molecular complexity index is 1270. The van der Waals surface area contributed by atoms with Crippen molar-refractivity contribution in [1.82, 2.24) is 9.29 Å². The lowest BCUT2D eigenvalue weighted by atomic mass is 10.0. The minimum Gasteiger partial charge on any atom is -0.494 e. The molecule has 2 heterocycles. The molecule has 0 fully saturated rings. The van der Waals surface area contributed by atoms with E-state index in [1.54, 1.807) is 24.3 Å². The van der Waals surface area contributed by atoms with Gasteiger partial charge in [-0.1, -0.05) is 12.1 Å². The SMILES string of the molecule is O=C1C(c2c(O)[nH]c3ccc(S(=O)(=O)N(CCO)CCO)cc23)=Nc2ccccc21. The second kappa shape index (κ2) is 7.65. The average Bonchev–Trinajstić information content (AvgIpc) is 3.23. The highest BCUT2D eigenvalue weighted by Gasteiger charge is 2.31. The van der Waals surface area contributed by atoms with Crippen LogP contribution in [0.3, 0.4) is 0 Å². The Hall–Kier alpha value is -3.05. The van der Waals surface area contributed by atoms with Gasteiger partial charge in [0.15, 0.2) is 5.88 Å². The van der Waals surface area contributed by atoms with Crippen LogP contribution < -0.4 is 0 Å². The number of carbonyl (C=O) groups is 1. The first-order valence-electron chi connectivity index (χ1n) is 9.18. The van der Waals surface area contributed by atoms with Crippen LogP contribution in [0.25, 0.3) is 10.9 Å². The van der Waals surface area contributed by atoms with Gasteiger partial charge in [-0.05, 0) is 30.3 Å². The minimum atomic E-state index is -4.02. The summed E-state index contributed by atoms with van der Waals surface area (Å²) in [5, 5.41) is 29.1. The third-order valence-corrected chi connectivity index (χ3v) is 6.81. The zero-order valence-electron chi connectivity index (χ0n) is 15.7. The van der Waals surface area contributed by atoms with Gasteiger partial charge < -0.3 is 20.3 Å². The summed E-state index contributed by atoms with van der Waals surface area (Å²) in [6.07, 6.45) is 0. The third kappa shape index (κ3) is 3.19. The van der Waals surface area contributed by atoms with E-state index in [2.05, 4.69) is 9.98 Å². The first-order chi connectivity index (χ1) is 14.4. The summed E-state index contributed by atoms with van der Waals surface area (Å²) in [6.45, 7) is -1.15. The van der Waals surface area contributed by atoms with Gasteiger partial charge in [0.2, 0.25) is 15.8 Å². The molecule has 0 saturated heterocycles. The van der Waals surface area contributed by atoms with Gasteiger partial charge in [-0.15, -0.1) is 0 Å². The van der Waals surface area contributed by atoms with E-state index in [1.807, 2.05) is 0 Å². The number of sulfonamides is 1. The molecule has 30 heavy (non-hydrogen) atoms. The number of rotatable bonds is 7. The van der Waals surface area contributed by atoms with E-state index in [4.69, 9.17) is 0 Å². The number of carbonyl (C=O) groups excluding carboxylic acids is 1. The molecule has 0 spiro atoms. The monoisotopic (exact) mass is 429 g/mol. The van der Waals surface area contributed by atoms with E-state index in [0.29, 0.717) is 22.2 Å². The van der Waals surface area contributed by atoms with Crippen LogP contribution in [0, 0.1) is 0 Å². The summed E-state index contributed by atoms with van der Waals surface area (Å²) < 4.78 is 26.9. The quantitative estimate of drug-likeness (QED) is 0.444. The van der Waals surface area contributed by atoms with Gasteiger partial charge >= 0.3 is 0 Å². The molecule has 4 rings (SSSR count). The average molecular weight is 429 g/mol. The van der Waals surface area contributed by atoms with Crippen molar-refractivity contribution in [2.24, 2.45) is 4.99 Å². The van der Waals surface area contributed by atoms with Crippen LogP contribution in [-0.4, -0.2) is 70.8 Å². The number of aliphatic hydroxyl groups excluding tert-OH is 2. The second-order valence-corrected chi connectivity index (χ2v) is 8.65. The number of ketones is 1. The van der Waals surface area contributed by atoms with Gasteiger partial charge in [0, 0.05) is 29.6 Å². The van der Waals surface area contributed by atoms with Crippen LogP contribution in [0.1, 0.15) is 15.9 Å². The molecule has 1 aliphatic rings. The fraction of sp³-hybridized carbons (Fsp3) is 0.200. The van der Waals surface area contributed by atoms with E-state index in [0.717, 1.165) is 4.31 Å². The van der Waals surface area contributed by atoms with Gasteiger partial charge in [0.25, 0.3) is 0 Å². The van der Waals surface area contributed by atoms with Gasteiger partial charge in [-0.2, -0.15) is 4.31 Å². The highest BCUT2D eigenvalue weighted by Crippen LogP contribution is 2.36. The lowest BCUT2D eigenvalue weighted by Gasteiger charge is -2.20. The maximum absolute atomic E-state index is 13.0. The fourth-order valence-electron chi connectivity index (χ4n) is 3.51. The zero-order valence-corrected chi connectivity index (χ0v) is 16.6. The predicted molar refractivity (Wildman–Crippen MR) is 110 cm³/mol. The molecule has 0 radical (unpaired) electrons. The molecule has 0 amide bonds. The standard InChI is InChI=1S/C20H19N3O6S/c24-9-7-23(8-10-25)30(28,29)12-5-6-16-14(11-12)17(20(27)22-16)18-19(26)13-3-1-2-4-15(13)21-18/h1-6,11,22,24-25,27H,7-10H2. The molecular weight excluding hydrogens is 410 g/mol. The maximum Gasteiger partial charge on any atom is 0.243 e. The Morgan fingerprint density at radius 1 is 1.03 bits per heavy atom. The summed E-state index contributed by atoms with van der Waals surface area (Å²) in [5.74, 6) is -0.653. The van der Waals surface area contributed by atoms with Crippen molar-refractivity contribution in [2.75, 3.05) is 26.3 Å². The smallest absolute Gasteiger partial charge is 0.243 e. The first kappa shape index (κ1) is 20.2. The number of benzene rings is 2. The number of nitrogens with one attached hydrogen (secondary N) is 1. The van der Waals surface area contributed by atoms with E-state index < -0.39 is 23.2 Å². The number of aromatic amines is 1. The topological polar surface area (TPSA) is 143 Å². The van der Waals surface area contributed by atoms with Crippen LogP contribution in [-0.2, 0) is 10.0 Å². The Morgan fingerprint density at radius 3 is 2.40 bits per heavy atom. The molecule has 4 N–H and O–H groups in total. The molecule has 1 aliphatic heterocycles. The Morgan fingerprint density at radius 2 is 1.73 bits per heavy atom. The number of Topliss-reactive ketones (excluding diaryl/α,β-unsaturated/α-hetero) is 1. The number of aromatic nitrogens is 1. The summed E-state index contributed by atoms with van der Waals surface area (Å²) in [6, 6.07) is 11.0. The Kier molecular flexibility index (Phi) is 5.16. The maximum atomic E-state index is 13.0. The second-order valence-electron chi connectivity index (χ2n) is 6.71. The molecule has 0 aliphatic carbocycles. The summed E-state index contributed by atoms with van der Waals surface area (Å²) in [5.41, 5.74) is 1.47. The molecule has 2 aromatic carbocycles. The number of aliphatic hydroxyl groups is 2. The first-order valence-corrected chi connectivity index (χ1v) is 10.6. The van der Waals surface area contributed by atoms with Crippen molar-refractivity contribution in [3.8, 4) is 5.88 Å². The molecule has 3 aromatic rings. The number of aromatic hydroxyl groups is 1. The van der Waals surface area contributed by atoms with E-state index in [-0.39, 0.29) is 40.9 Å².